The molecule has 0 aliphatic heterocycles. The third-order valence-electron chi connectivity index (χ3n) is 2.89. The van der Waals surface area contributed by atoms with Gasteiger partial charge in [-0.25, -0.2) is 4.79 Å². The first kappa shape index (κ1) is 15.6. The molecule has 1 aromatic heterocycles. The van der Waals surface area contributed by atoms with Gasteiger partial charge < -0.3 is 5.11 Å². The Bertz CT molecular complexity index is 670. The van der Waals surface area contributed by atoms with Crippen molar-refractivity contribution in [2.75, 3.05) is 0 Å². The van der Waals surface area contributed by atoms with Crippen LogP contribution in [0.3, 0.4) is 0 Å². The number of hydrogen-bond acceptors (Lipinski definition) is 5. The van der Waals surface area contributed by atoms with Crippen LogP contribution in [-0.4, -0.2) is 25.1 Å². The van der Waals surface area contributed by atoms with E-state index in [0.29, 0.717) is 4.57 Å². The van der Waals surface area contributed by atoms with Gasteiger partial charge in [0.1, 0.15) is 0 Å². The summed E-state index contributed by atoms with van der Waals surface area (Å²) in [6.07, 6.45) is 0.870. The summed E-state index contributed by atoms with van der Waals surface area (Å²) < 4.78 is 1.59. The number of aliphatic carboxylic acids is 1. The van der Waals surface area contributed by atoms with E-state index >= 15 is 0 Å². The maximum atomic E-state index is 12.0. The molecule has 20 heavy (non-hydrogen) atoms. The second kappa shape index (κ2) is 5.27. The average molecular weight is 285 g/mol. The van der Waals surface area contributed by atoms with Crippen molar-refractivity contribution in [3.63, 3.8) is 0 Å². The molecule has 0 fully saturated rings. The summed E-state index contributed by atoms with van der Waals surface area (Å²) in [6, 6.07) is 0. The monoisotopic (exact) mass is 285 g/mol. The van der Waals surface area contributed by atoms with E-state index in [0.717, 1.165) is 10.8 Å². The Hall–Kier alpha value is -2.45. The van der Waals surface area contributed by atoms with Crippen molar-refractivity contribution in [3.05, 3.63) is 37.1 Å². The van der Waals surface area contributed by atoms with Crippen LogP contribution in [0, 0.1) is 15.5 Å². The number of nitrogens with zero attached hydrogens (tertiary/aromatic N) is 3. The van der Waals surface area contributed by atoms with Gasteiger partial charge in [-0.3, -0.25) is 28.8 Å². The molecule has 1 N–H and O–H groups in total. The first-order valence-electron chi connectivity index (χ1n) is 5.84. The molecule has 0 amide bonds. The minimum atomic E-state index is -1.40. The zero-order valence-corrected chi connectivity index (χ0v) is 11.3. The summed E-state index contributed by atoms with van der Waals surface area (Å²) in [5, 5.41) is 19.8. The van der Waals surface area contributed by atoms with Crippen LogP contribution in [0.4, 0.5) is 5.69 Å². The van der Waals surface area contributed by atoms with Crippen molar-refractivity contribution in [2.45, 2.75) is 33.9 Å². The number of aryl methyl sites for hydroxylation is 1. The summed E-state index contributed by atoms with van der Waals surface area (Å²) in [6.45, 7) is 3.93. The molecule has 1 heterocycles. The molecule has 0 atom stereocenters. The lowest BCUT2D eigenvalue weighted by atomic mass is 9.94. The lowest BCUT2D eigenvalue weighted by Crippen LogP contribution is -2.45. The number of hydrogen-bond donors (Lipinski definition) is 1. The van der Waals surface area contributed by atoms with Gasteiger partial charge in [0.25, 0.3) is 0 Å². The minimum absolute atomic E-state index is 0.132. The van der Waals surface area contributed by atoms with Crippen molar-refractivity contribution >= 4 is 11.7 Å². The predicted molar refractivity (Wildman–Crippen MR) is 68.7 cm³/mol. The van der Waals surface area contributed by atoms with Gasteiger partial charge in [-0.05, 0) is 20.8 Å². The highest BCUT2D eigenvalue weighted by Gasteiger charge is 2.31. The van der Waals surface area contributed by atoms with Crippen molar-refractivity contribution < 1.29 is 14.8 Å². The van der Waals surface area contributed by atoms with Gasteiger partial charge in [0.15, 0.2) is 0 Å². The van der Waals surface area contributed by atoms with Gasteiger partial charge in [0.2, 0.25) is 0 Å². The Labute approximate surface area is 113 Å². The molecule has 0 aliphatic carbocycles. The van der Waals surface area contributed by atoms with Gasteiger partial charge >= 0.3 is 22.9 Å². The van der Waals surface area contributed by atoms with Crippen LogP contribution in [-0.2, 0) is 17.9 Å². The Morgan fingerprint density at radius 2 is 2.00 bits per heavy atom. The van der Waals surface area contributed by atoms with Crippen LogP contribution in [0.25, 0.3) is 0 Å². The molecule has 110 valence electrons. The molecule has 0 bridgehead atoms. The quantitative estimate of drug-likeness (QED) is 0.602. The summed E-state index contributed by atoms with van der Waals surface area (Å²) in [7, 11) is 0. The molecule has 9 heteroatoms. The molecule has 0 unspecified atom stereocenters. The zero-order chi connectivity index (χ0) is 15.7. The van der Waals surface area contributed by atoms with E-state index in [1.807, 2.05) is 0 Å². The van der Waals surface area contributed by atoms with E-state index in [-0.39, 0.29) is 6.54 Å². The largest absolute Gasteiger partial charge is 0.481 e. The molecule has 0 saturated carbocycles. The minimum Gasteiger partial charge on any atom is -0.481 e. The number of nitro groups is 1. The van der Waals surface area contributed by atoms with Gasteiger partial charge in [0.05, 0.1) is 16.5 Å². The highest BCUT2D eigenvalue weighted by Crippen LogP contribution is 2.16. The smallest absolute Gasteiger partial charge is 0.350 e. The molecule has 0 aromatic carbocycles. The Kier molecular flexibility index (Phi) is 4.11. The van der Waals surface area contributed by atoms with Crippen LogP contribution in [0.15, 0.2) is 15.8 Å². The summed E-state index contributed by atoms with van der Waals surface area (Å²) >= 11 is 0. The Balaban J connectivity index is 3.58. The highest BCUT2D eigenvalue weighted by atomic mass is 16.6. The van der Waals surface area contributed by atoms with Crippen molar-refractivity contribution in [2.24, 2.45) is 5.41 Å². The maximum Gasteiger partial charge on any atom is 0.350 e. The topological polar surface area (TPSA) is 124 Å². The van der Waals surface area contributed by atoms with Crippen molar-refractivity contribution in [1.82, 2.24) is 9.13 Å². The maximum absolute atomic E-state index is 12.0. The number of carboxylic acid groups (broad SMARTS) is 1. The molecular weight excluding hydrogens is 270 g/mol. The lowest BCUT2D eigenvalue weighted by Gasteiger charge is -2.20. The SMILES string of the molecule is CCn1cc([N+](=O)[O-])c(=O)n(CC(C)(C)C(=O)O)c1=O. The van der Waals surface area contributed by atoms with Crippen LogP contribution in [0.1, 0.15) is 20.8 Å². The van der Waals surface area contributed by atoms with Gasteiger partial charge in [-0.15, -0.1) is 0 Å². The third-order valence-corrected chi connectivity index (χ3v) is 2.89. The van der Waals surface area contributed by atoms with Crippen LogP contribution >= 0.6 is 0 Å². The summed E-state index contributed by atoms with van der Waals surface area (Å²) in [5.41, 5.74) is -4.02. The number of rotatable bonds is 5. The van der Waals surface area contributed by atoms with E-state index in [9.17, 15) is 24.5 Å². The van der Waals surface area contributed by atoms with Crippen molar-refractivity contribution in [1.29, 1.82) is 0 Å². The Morgan fingerprint density at radius 3 is 2.40 bits per heavy atom. The number of carboxylic acids is 1. The van der Waals surface area contributed by atoms with Crippen LogP contribution < -0.4 is 11.2 Å². The molecule has 9 nitrogen and oxygen atoms in total. The molecule has 0 spiro atoms. The van der Waals surface area contributed by atoms with Crippen LogP contribution in [0.5, 0.6) is 0 Å². The van der Waals surface area contributed by atoms with Gasteiger partial charge in [-0.1, -0.05) is 0 Å². The molecule has 0 aliphatic rings. The summed E-state index contributed by atoms with van der Waals surface area (Å²) in [4.78, 5) is 44.9. The number of aromatic nitrogens is 2. The molecule has 0 saturated heterocycles. The van der Waals surface area contributed by atoms with E-state index in [2.05, 4.69) is 0 Å². The van der Waals surface area contributed by atoms with Crippen molar-refractivity contribution in [3.8, 4) is 0 Å². The number of carbonyl (C=O) groups is 1. The zero-order valence-electron chi connectivity index (χ0n) is 11.3. The third kappa shape index (κ3) is 2.76. The first-order chi connectivity index (χ1) is 9.11. The van der Waals surface area contributed by atoms with E-state index in [1.165, 1.54) is 13.8 Å². The molecular formula is C11H15N3O6. The average Bonchev–Trinajstić information content (AvgIpc) is 2.34. The van der Waals surface area contributed by atoms with E-state index < -0.39 is 39.8 Å². The second-order valence-corrected chi connectivity index (χ2v) is 4.92. The fraction of sp³-hybridized carbons (Fsp3) is 0.545. The highest BCUT2D eigenvalue weighted by molar-refractivity contribution is 5.73. The second-order valence-electron chi connectivity index (χ2n) is 4.92. The standard InChI is InChI=1S/C11H15N3O6/c1-4-12-5-7(14(19)20)8(15)13(10(12)18)6-11(2,3)9(16)17/h5H,4,6H2,1-3H3,(H,16,17). The molecule has 1 rings (SSSR count). The van der Waals surface area contributed by atoms with Gasteiger partial charge in [0, 0.05) is 13.1 Å². The van der Waals surface area contributed by atoms with Crippen LogP contribution in [0.2, 0.25) is 0 Å². The Morgan fingerprint density at radius 1 is 1.45 bits per heavy atom. The first-order valence-corrected chi connectivity index (χ1v) is 5.84. The van der Waals surface area contributed by atoms with Gasteiger partial charge in [-0.2, -0.15) is 0 Å². The molecule has 0 radical (unpaired) electrons. The molecule has 1 aromatic rings. The normalized spacial score (nSPS) is 11.3. The van der Waals surface area contributed by atoms with E-state index in [4.69, 9.17) is 5.11 Å². The fourth-order valence-corrected chi connectivity index (χ4v) is 1.59. The fourth-order valence-electron chi connectivity index (χ4n) is 1.59. The summed E-state index contributed by atoms with van der Waals surface area (Å²) in [5.74, 6) is -1.21. The van der Waals surface area contributed by atoms with E-state index in [1.54, 1.807) is 6.92 Å². The predicted octanol–water partition coefficient (Wildman–Crippen LogP) is 0.0489. The lowest BCUT2D eigenvalue weighted by molar-refractivity contribution is -0.387.